The van der Waals surface area contributed by atoms with Crippen molar-refractivity contribution in [3.05, 3.63) is 53.0 Å². The Kier molecular flexibility index (Phi) is 5.37. The number of amides is 3. The van der Waals surface area contributed by atoms with E-state index in [4.69, 9.17) is 0 Å². The molecule has 2 aliphatic heterocycles. The van der Waals surface area contributed by atoms with Gasteiger partial charge in [0.25, 0.3) is 11.8 Å². The van der Waals surface area contributed by atoms with Gasteiger partial charge in [0.2, 0.25) is 5.91 Å². The second-order valence-electron chi connectivity index (χ2n) is 6.46. The largest absolute Gasteiger partial charge is 0.324 e. The van der Waals surface area contributed by atoms with Crippen LogP contribution in [0.15, 0.2) is 68.2 Å². The smallest absolute Gasteiger partial charge is 0.263 e. The van der Waals surface area contributed by atoms with Gasteiger partial charge in [-0.25, -0.2) is 4.90 Å². The first kappa shape index (κ1) is 19.6. The van der Waals surface area contributed by atoms with Crippen molar-refractivity contribution in [3.8, 4) is 0 Å². The summed E-state index contributed by atoms with van der Waals surface area (Å²) in [6, 6.07) is 12.4. The van der Waals surface area contributed by atoms with Crippen molar-refractivity contribution in [2.75, 3.05) is 23.0 Å². The molecule has 10 heteroatoms. The van der Waals surface area contributed by atoms with E-state index < -0.39 is 23.9 Å². The van der Waals surface area contributed by atoms with Crippen molar-refractivity contribution in [2.24, 2.45) is 10.3 Å². The van der Waals surface area contributed by atoms with Crippen molar-refractivity contribution in [1.82, 2.24) is 5.01 Å². The Morgan fingerprint density at radius 3 is 2.66 bits per heavy atom. The Morgan fingerprint density at radius 1 is 1.17 bits per heavy atom. The van der Waals surface area contributed by atoms with Gasteiger partial charge < -0.3 is 5.32 Å². The first-order chi connectivity index (χ1) is 14.0. The van der Waals surface area contributed by atoms with Gasteiger partial charge in [0, 0.05) is 15.1 Å². The molecule has 148 valence electrons. The Balaban J connectivity index is 1.47. The summed E-state index contributed by atoms with van der Waals surface area (Å²) in [5, 5.41) is 11.9. The molecular weight excluding hydrogens is 458 g/mol. The van der Waals surface area contributed by atoms with Crippen molar-refractivity contribution < 1.29 is 14.4 Å². The Morgan fingerprint density at radius 2 is 1.93 bits per heavy atom. The number of hydrogen-bond donors (Lipinski definition) is 1. The van der Waals surface area contributed by atoms with E-state index >= 15 is 0 Å². The predicted octanol–water partition coefficient (Wildman–Crippen LogP) is 3.10. The molecule has 0 bridgehead atoms. The van der Waals surface area contributed by atoms with Crippen molar-refractivity contribution in [1.29, 1.82) is 0 Å². The van der Waals surface area contributed by atoms with Gasteiger partial charge in [0.15, 0.2) is 12.1 Å². The third kappa shape index (κ3) is 3.77. The molecule has 0 radical (unpaired) electrons. The van der Waals surface area contributed by atoms with E-state index in [2.05, 4.69) is 31.6 Å². The summed E-state index contributed by atoms with van der Waals surface area (Å²) in [5.41, 5.74) is 1.12. The van der Waals surface area contributed by atoms with Crippen LogP contribution in [0.5, 0.6) is 0 Å². The minimum atomic E-state index is -0.932. The predicted molar refractivity (Wildman–Crippen MR) is 113 cm³/mol. The number of nitrogens with one attached hydrogen (secondary N) is 1. The van der Waals surface area contributed by atoms with Crippen LogP contribution < -0.4 is 10.2 Å². The Hall–Kier alpha value is -2.72. The van der Waals surface area contributed by atoms with Crippen LogP contribution in [0.25, 0.3) is 0 Å². The molecular formula is C19H16BrN5O3S. The number of carbonyl (C=O) groups excluding carboxylic acids is 3. The van der Waals surface area contributed by atoms with E-state index in [1.165, 1.54) is 5.01 Å². The topological polar surface area (TPSA) is 94.4 Å². The normalized spacial score (nSPS) is 20.3. The zero-order chi connectivity index (χ0) is 20.5. The molecule has 3 amide bonds. The van der Waals surface area contributed by atoms with Gasteiger partial charge in [0.1, 0.15) is 6.54 Å². The van der Waals surface area contributed by atoms with E-state index in [-0.39, 0.29) is 12.5 Å². The number of anilines is 2. The van der Waals surface area contributed by atoms with Gasteiger partial charge in [-0.3, -0.25) is 19.4 Å². The van der Waals surface area contributed by atoms with Crippen molar-refractivity contribution in [2.45, 2.75) is 17.0 Å². The van der Waals surface area contributed by atoms with E-state index in [9.17, 15) is 14.4 Å². The number of thioether (sulfide) groups is 1. The molecule has 0 unspecified atom stereocenters. The molecule has 2 aliphatic rings. The van der Waals surface area contributed by atoms with E-state index in [1.807, 2.05) is 24.5 Å². The minimum Gasteiger partial charge on any atom is -0.324 e. The molecule has 0 aromatic heterocycles. The van der Waals surface area contributed by atoms with Gasteiger partial charge in [-0.2, -0.15) is 5.11 Å². The van der Waals surface area contributed by atoms with Crippen molar-refractivity contribution in [3.63, 3.8) is 0 Å². The molecule has 2 aromatic carbocycles. The molecule has 4 rings (SSSR count). The zero-order valence-corrected chi connectivity index (χ0v) is 17.7. The first-order valence-corrected chi connectivity index (χ1v) is 10.7. The molecule has 0 saturated carbocycles. The molecule has 1 fully saturated rings. The number of carbonyl (C=O) groups is 3. The highest BCUT2D eigenvalue weighted by atomic mass is 79.9. The monoisotopic (exact) mass is 473 g/mol. The maximum atomic E-state index is 12.9. The Bertz CT molecular complexity index is 1010. The summed E-state index contributed by atoms with van der Waals surface area (Å²) in [5.74, 6) is -1.23. The summed E-state index contributed by atoms with van der Waals surface area (Å²) in [6.07, 6.45) is 1.95. The van der Waals surface area contributed by atoms with Gasteiger partial charge in [-0.15, -0.1) is 11.8 Å². The van der Waals surface area contributed by atoms with Crippen LogP contribution in [-0.2, 0) is 14.4 Å². The minimum absolute atomic E-state index is 0.179. The van der Waals surface area contributed by atoms with Gasteiger partial charge >= 0.3 is 0 Å². The average Bonchev–Trinajstić information content (AvgIpc) is 3.23. The fourth-order valence-corrected chi connectivity index (χ4v) is 3.97. The van der Waals surface area contributed by atoms with Crippen molar-refractivity contribution >= 4 is 56.8 Å². The molecule has 0 aliphatic carbocycles. The summed E-state index contributed by atoms with van der Waals surface area (Å²) in [4.78, 5) is 40.2. The summed E-state index contributed by atoms with van der Waals surface area (Å²) < 4.78 is 0.837. The summed E-state index contributed by atoms with van der Waals surface area (Å²) in [7, 11) is 0. The molecule has 1 N–H and O–H groups in total. The molecule has 8 nitrogen and oxygen atoms in total. The van der Waals surface area contributed by atoms with Crippen LogP contribution in [0.3, 0.4) is 0 Å². The highest BCUT2D eigenvalue weighted by Gasteiger charge is 2.55. The molecule has 1 saturated heterocycles. The highest BCUT2D eigenvalue weighted by Crippen LogP contribution is 2.32. The lowest BCUT2D eigenvalue weighted by Crippen LogP contribution is -2.43. The fourth-order valence-electron chi connectivity index (χ4n) is 3.25. The number of halogens is 1. The lowest BCUT2D eigenvalue weighted by Gasteiger charge is -2.20. The van der Waals surface area contributed by atoms with E-state index in [0.717, 1.165) is 14.3 Å². The standard InChI is InChI=1S/C19H16BrN5O3S/c1-29-14-4-2-3-12(9-14)21-15(26)10-24-17-16(22-23-24)18(27)25(19(17)28)13-7-5-11(20)6-8-13/h2-9,16-17H,10H2,1H3,(H,21,26)/t16-,17+/m0/s1. The third-order valence-corrected chi connectivity index (χ3v) is 5.86. The van der Waals surface area contributed by atoms with Gasteiger partial charge in [-0.05, 0) is 48.7 Å². The number of imide groups is 1. The molecule has 2 heterocycles. The maximum absolute atomic E-state index is 12.9. The number of rotatable bonds is 5. The van der Waals surface area contributed by atoms with Crippen LogP contribution >= 0.6 is 27.7 Å². The van der Waals surface area contributed by atoms with Crippen LogP contribution in [0.4, 0.5) is 11.4 Å². The first-order valence-electron chi connectivity index (χ1n) is 8.72. The molecule has 0 spiro atoms. The summed E-state index contributed by atoms with van der Waals surface area (Å²) >= 11 is 4.90. The average molecular weight is 474 g/mol. The fraction of sp³-hybridized carbons (Fsp3) is 0.211. The van der Waals surface area contributed by atoms with E-state index in [1.54, 1.807) is 42.1 Å². The van der Waals surface area contributed by atoms with Gasteiger partial charge in [0.05, 0.1) is 5.69 Å². The maximum Gasteiger partial charge on any atom is 0.263 e. The van der Waals surface area contributed by atoms with Gasteiger partial charge in [-0.1, -0.05) is 27.2 Å². The number of fused-ring (bicyclic) bond motifs is 1. The second-order valence-corrected chi connectivity index (χ2v) is 8.26. The lowest BCUT2D eigenvalue weighted by atomic mass is 10.1. The molecule has 29 heavy (non-hydrogen) atoms. The quantitative estimate of drug-likeness (QED) is 0.531. The SMILES string of the molecule is CSc1cccc(NC(=O)CN2N=N[C@@H]3C(=O)N(c4ccc(Br)cc4)C(=O)[C@@H]32)c1. The van der Waals surface area contributed by atoms with Crippen LogP contribution in [0.2, 0.25) is 0 Å². The van der Waals surface area contributed by atoms with Crippen LogP contribution in [0.1, 0.15) is 0 Å². The summed E-state index contributed by atoms with van der Waals surface area (Å²) in [6.45, 7) is -0.179. The second kappa shape index (κ2) is 7.96. The van der Waals surface area contributed by atoms with Crippen LogP contribution in [0, 0.1) is 0 Å². The third-order valence-electron chi connectivity index (χ3n) is 4.60. The van der Waals surface area contributed by atoms with Crippen LogP contribution in [-0.4, -0.2) is 47.6 Å². The van der Waals surface area contributed by atoms with E-state index in [0.29, 0.717) is 11.4 Å². The number of benzene rings is 2. The Labute approximate surface area is 179 Å². The molecule has 2 atom stereocenters. The highest BCUT2D eigenvalue weighted by molar-refractivity contribution is 9.10. The number of nitrogens with zero attached hydrogens (tertiary/aromatic N) is 4. The molecule has 2 aromatic rings. The zero-order valence-electron chi connectivity index (χ0n) is 15.3. The number of hydrogen-bond acceptors (Lipinski definition) is 7. The lowest BCUT2D eigenvalue weighted by molar-refractivity contribution is -0.123.